The Balaban J connectivity index is 2.44. The van der Waals surface area contributed by atoms with Gasteiger partial charge in [-0.2, -0.15) is 0 Å². The minimum Gasteiger partial charge on any atom is -0.328 e. The highest BCUT2D eigenvalue weighted by Crippen LogP contribution is 2.16. The average Bonchev–Trinajstić information content (AvgIpc) is 2.51. The highest BCUT2D eigenvalue weighted by molar-refractivity contribution is 7.80. The van der Waals surface area contributed by atoms with E-state index in [-0.39, 0.29) is 16.4 Å². The predicted molar refractivity (Wildman–Crippen MR) is 58.2 cm³/mol. The van der Waals surface area contributed by atoms with E-state index in [1.54, 1.807) is 0 Å². The second kappa shape index (κ2) is 3.97. The molecule has 2 rings (SSSR count). The fraction of sp³-hybridized carbons (Fsp3) is 0. The van der Waals surface area contributed by atoms with Crippen LogP contribution in [0.5, 0.6) is 0 Å². The summed E-state index contributed by atoms with van der Waals surface area (Å²) in [6.07, 6.45) is 1.08. The summed E-state index contributed by atoms with van der Waals surface area (Å²) >= 11 is 4.68. The molecule has 1 amide bonds. The normalized spacial score (nSPS) is 17.5. The van der Waals surface area contributed by atoms with E-state index >= 15 is 0 Å². The molecule has 1 aliphatic heterocycles. The van der Waals surface area contributed by atoms with E-state index in [0.717, 1.165) is 18.2 Å². The van der Waals surface area contributed by atoms with Crippen molar-refractivity contribution in [1.82, 2.24) is 10.6 Å². The van der Waals surface area contributed by atoms with Crippen LogP contribution in [0.1, 0.15) is 5.56 Å². The van der Waals surface area contributed by atoms with Gasteiger partial charge in [0.15, 0.2) is 5.11 Å². The quantitative estimate of drug-likeness (QED) is 0.574. The van der Waals surface area contributed by atoms with Crippen LogP contribution in [0.4, 0.5) is 8.78 Å². The maximum absolute atomic E-state index is 13.3. The fourth-order valence-electron chi connectivity index (χ4n) is 1.28. The molecule has 6 heteroatoms. The number of hydrogen-bond donors (Lipinski definition) is 2. The zero-order chi connectivity index (χ0) is 11.7. The Morgan fingerprint density at radius 1 is 1.19 bits per heavy atom. The molecule has 82 valence electrons. The van der Waals surface area contributed by atoms with Gasteiger partial charge in [0.05, 0.1) is 0 Å². The molecule has 0 unspecified atom stereocenters. The molecule has 1 fully saturated rings. The third kappa shape index (κ3) is 1.92. The lowest BCUT2D eigenvalue weighted by Gasteiger charge is -2.00. The van der Waals surface area contributed by atoms with Crippen LogP contribution in [-0.2, 0) is 4.79 Å². The first-order chi connectivity index (χ1) is 7.58. The number of rotatable bonds is 1. The molecule has 0 aromatic heterocycles. The van der Waals surface area contributed by atoms with E-state index in [2.05, 4.69) is 22.9 Å². The van der Waals surface area contributed by atoms with Crippen molar-refractivity contribution in [1.29, 1.82) is 0 Å². The Kier molecular flexibility index (Phi) is 2.66. The van der Waals surface area contributed by atoms with Crippen molar-refractivity contribution in [2.45, 2.75) is 0 Å². The summed E-state index contributed by atoms with van der Waals surface area (Å²) in [6, 6.07) is 3.47. The molecule has 1 saturated heterocycles. The molecular formula is C10H6F2N2OS. The number of halogens is 2. The summed E-state index contributed by atoms with van der Waals surface area (Å²) in [5.74, 6) is -1.98. The van der Waals surface area contributed by atoms with Gasteiger partial charge in [0.1, 0.15) is 17.3 Å². The monoisotopic (exact) mass is 240 g/mol. The number of benzene rings is 1. The van der Waals surface area contributed by atoms with Crippen molar-refractivity contribution in [3.05, 3.63) is 41.1 Å². The molecule has 2 N–H and O–H groups in total. The highest BCUT2D eigenvalue weighted by atomic mass is 32.1. The fourth-order valence-corrected chi connectivity index (χ4v) is 1.48. The zero-order valence-electron chi connectivity index (χ0n) is 7.88. The van der Waals surface area contributed by atoms with Crippen LogP contribution in [0.15, 0.2) is 23.9 Å². The minimum absolute atomic E-state index is 0.0222. The third-order valence-electron chi connectivity index (χ3n) is 2.01. The molecular weight excluding hydrogens is 234 g/mol. The zero-order valence-corrected chi connectivity index (χ0v) is 8.70. The second-order valence-corrected chi connectivity index (χ2v) is 3.51. The molecule has 1 aromatic rings. The van der Waals surface area contributed by atoms with E-state index in [1.807, 2.05) is 0 Å². The molecule has 0 bridgehead atoms. The predicted octanol–water partition coefficient (Wildman–Crippen LogP) is 1.31. The molecule has 0 radical (unpaired) electrons. The topological polar surface area (TPSA) is 41.1 Å². The summed E-state index contributed by atoms with van der Waals surface area (Å²) < 4.78 is 26.5. The van der Waals surface area contributed by atoms with Gasteiger partial charge in [-0.05, 0) is 30.4 Å². The van der Waals surface area contributed by atoms with E-state index in [9.17, 15) is 13.6 Å². The lowest BCUT2D eigenvalue weighted by molar-refractivity contribution is -0.115. The molecule has 0 atom stereocenters. The van der Waals surface area contributed by atoms with Gasteiger partial charge in [0.25, 0.3) is 5.91 Å². The highest BCUT2D eigenvalue weighted by Gasteiger charge is 2.21. The van der Waals surface area contributed by atoms with Gasteiger partial charge < -0.3 is 5.32 Å². The number of carbonyl (C=O) groups is 1. The van der Waals surface area contributed by atoms with Gasteiger partial charge in [-0.15, -0.1) is 0 Å². The van der Waals surface area contributed by atoms with Crippen LogP contribution in [0.2, 0.25) is 0 Å². The summed E-state index contributed by atoms with van der Waals surface area (Å²) in [5, 5.41) is 4.92. The van der Waals surface area contributed by atoms with Crippen LogP contribution in [0.3, 0.4) is 0 Å². The first-order valence-corrected chi connectivity index (χ1v) is 4.77. The molecule has 1 heterocycles. The standard InChI is InChI=1S/C10H6F2N2OS/c11-6-2-1-3-7(12)5(6)4-8-9(15)14-10(16)13-8/h1-4H,(H2,13,14,15,16). The van der Waals surface area contributed by atoms with Crippen molar-refractivity contribution < 1.29 is 13.6 Å². The second-order valence-electron chi connectivity index (χ2n) is 3.10. The van der Waals surface area contributed by atoms with Gasteiger partial charge in [-0.25, -0.2) is 8.78 Å². The molecule has 16 heavy (non-hydrogen) atoms. The van der Waals surface area contributed by atoms with Crippen molar-refractivity contribution in [3.8, 4) is 0 Å². The van der Waals surface area contributed by atoms with Crippen molar-refractivity contribution in [2.75, 3.05) is 0 Å². The maximum Gasteiger partial charge on any atom is 0.273 e. The molecule has 3 nitrogen and oxygen atoms in total. The minimum atomic E-state index is -0.736. The summed E-state index contributed by atoms with van der Waals surface area (Å²) in [6.45, 7) is 0. The SMILES string of the molecule is O=C1NC(=S)NC1=Cc1c(F)cccc1F. The van der Waals surface area contributed by atoms with Crippen LogP contribution in [-0.4, -0.2) is 11.0 Å². The lowest BCUT2D eigenvalue weighted by Crippen LogP contribution is -2.21. The first-order valence-electron chi connectivity index (χ1n) is 4.36. The van der Waals surface area contributed by atoms with Gasteiger partial charge in [0, 0.05) is 5.56 Å². The van der Waals surface area contributed by atoms with Crippen LogP contribution >= 0.6 is 12.2 Å². The van der Waals surface area contributed by atoms with Gasteiger partial charge in [0.2, 0.25) is 0 Å². The number of thiocarbonyl (C=S) groups is 1. The first kappa shape index (κ1) is 10.7. The molecule has 0 aliphatic carbocycles. The van der Waals surface area contributed by atoms with Gasteiger partial charge in [-0.3, -0.25) is 10.1 Å². The van der Waals surface area contributed by atoms with E-state index in [1.165, 1.54) is 6.07 Å². The Morgan fingerprint density at radius 3 is 2.31 bits per heavy atom. The Labute approximate surface area is 95.1 Å². The number of hydrogen-bond acceptors (Lipinski definition) is 2. The molecule has 0 saturated carbocycles. The lowest BCUT2D eigenvalue weighted by atomic mass is 10.1. The van der Waals surface area contributed by atoms with Crippen LogP contribution < -0.4 is 10.6 Å². The van der Waals surface area contributed by atoms with E-state index < -0.39 is 17.5 Å². The smallest absolute Gasteiger partial charge is 0.273 e. The number of carbonyl (C=O) groups excluding carboxylic acids is 1. The molecule has 1 aromatic carbocycles. The third-order valence-corrected chi connectivity index (χ3v) is 2.21. The summed E-state index contributed by atoms with van der Waals surface area (Å²) in [4.78, 5) is 11.2. The summed E-state index contributed by atoms with van der Waals surface area (Å²) in [5.41, 5.74) is -0.251. The largest absolute Gasteiger partial charge is 0.328 e. The van der Waals surface area contributed by atoms with Crippen molar-refractivity contribution in [2.24, 2.45) is 0 Å². The maximum atomic E-state index is 13.3. The number of nitrogens with one attached hydrogen (secondary N) is 2. The van der Waals surface area contributed by atoms with E-state index in [0.29, 0.717) is 0 Å². The van der Waals surface area contributed by atoms with E-state index in [4.69, 9.17) is 0 Å². The molecule has 0 spiro atoms. The summed E-state index contributed by atoms with van der Waals surface area (Å²) in [7, 11) is 0. The van der Waals surface area contributed by atoms with Crippen molar-refractivity contribution >= 4 is 29.3 Å². The Hall–Kier alpha value is -1.82. The van der Waals surface area contributed by atoms with Gasteiger partial charge in [-0.1, -0.05) is 6.07 Å². The average molecular weight is 240 g/mol. The molecule has 1 aliphatic rings. The van der Waals surface area contributed by atoms with Gasteiger partial charge >= 0.3 is 0 Å². The van der Waals surface area contributed by atoms with Crippen molar-refractivity contribution in [3.63, 3.8) is 0 Å². The number of amides is 1. The van der Waals surface area contributed by atoms with Crippen LogP contribution in [0, 0.1) is 11.6 Å². The Bertz CT molecular complexity index is 493. The Morgan fingerprint density at radius 2 is 1.81 bits per heavy atom. The van der Waals surface area contributed by atoms with Crippen LogP contribution in [0.25, 0.3) is 6.08 Å².